The number of hydrogen-bond acceptors (Lipinski definition) is 4. The first-order valence-corrected chi connectivity index (χ1v) is 8.66. The Morgan fingerprint density at radius 2 is 2.00 bits per heavy atom. The molecular weight excluding hydrogens is 335 g/mol. The van der Waals surface area contributed by atoms with Crippen LogP contribution in [0.3, 0.4) is 0 Å². The van der Waals surface area contributed by atoms with E-state index in [0.717, 1.165) is 11.6 Å². The third kappa shape index (κ3) is 3.05. The Balaban J connectivity index is 1.91. The quantitative estimate of drug-likeness (QED) is 0.882. The average Bonchev–Trinajstić information content (AvgIpc) is 2.55. The Bertz CT molecular complexity index is 912. The number of carbonyl (C=O) groups is 1. The number of rotatable bonds is 4. The van der Waals surface area contributed by atoms with Crippen molar-refractivity contribution in [3.63, 3.8) is 0 Å². The third-order valence-corrected chi connectivity index (χ3v) is 5.10. The largest absolute Gasteiger partial charge is 0.494 e. The van der Waals surface area contributed by atoms with Crippen LogP contribution < -0.4 is 14.8 Å². The van der Waals surface area contributed by atoms with Crippen molar-refractivity contribution >= 4 is 21.6 Å². The zero-order valence-corrected chi connectivity index (χ0v) is 13.6. The van der Waals surface area contributed by atoms with Gasteiger partial charge in [-0.15, -0.1) is 0 Å². The van der Waals surface area contributed by atoms with Crippen LogP contribution in [0.2, 0.25) is 0 Å². The van der Waals surface area contributed by atoms with Crippen molar-refractivity contribution in [2.75, 3.05) is 18.4 Å². The fraction of sp³-hybridized carbons (Fsp3) is 0.188. The van der Waals surface area contributed by atoms with E-state index in [1.54, 1.807) is 12.1 Å². The van der Waals surface area contributed by atoms with Gasteiger partial charge in [-0.3, -0.25) is 9.52 Å². The molecule has 8 heteroatoms. The minimum absolute atomic E-state index is 0.0422. The molecule has 1 aliphatic rings. The molecule has 1 amide bonds. The topological polar surface area (TPSA) is 84.5 Å². The zero-order chi connectivity index (χ0) is 17.3. The van der Waals surface area contributed by atoms with Gasteiger partial charge in [-0.2, -0.15) is 0 Å². The van der Waals surface area contributed by atoms with Crippen molar-refractivity contribution in [3.05, 3.63) is 53.3 Å². The minimum atomic E-state index is -3.98. The fourth-order valence-electron chi connectivity index (χ4n) is 2.50. The number of ether oxygens (including phenoxy) is 1. The molecule has 0 radical (unpaired) electrons. The first-order chi connectivity index (χ1) is 11.4. The molecule has 24 heavy (non-hydrogen) atoms. The number of amides is 1. The number of nitrogens with one attached hydrogen (secondary N) is 2. The normalized spacial score (nSPS) is 13.8. The number of halogens is 1. The van der Waals surface area contributed by atoms with Crippen LogP contribution in [0.5, 0.6) is 5.75 Å². The Labute approximate surface area is 138 Å². The molecule has 0 aliphatic carbocycles. The summed E-state index contributed by atoms with van der Waals surface area (Å²) in [6.45, 7) is 0.558. The predicted molar refractivity (Wildman–Crippen MR) is 86.2 cm³/mol. The van der Waals surface area contributed by atoms with Crippen LogP contribution >= 0.6 is 0 Å². The fourth-order valence-corrected chi connectivity index (χ4v) is 3.56. The van der Waals surface area contributed by atoms with Gasteiger partial charge in [-0.1, -0.05) is 6.07 Å². The molecule has 0 saturated heterocycles. The van der Waals surface area contributed by atoms with Gasteiger partial charge >= 0.3 is 0 Å². The highest BCUT2D eigenvalue weighted by molar-refractivity contribution is 7.92. The molecule has 0 saturated carbocycles. The van der Waals surface area contributed by atoms with E-state index in [1.165, 1.54) is 25.3 Å². The number of benzene rings is 2. The first kappa shape index (κ1) is 16.3. The van der Waals surface area contributed by atoms with E-state index in [-0.39, 0.29) is 22.2 Å². The van der Waals surface area contributed by atoms with Crippen LogP contribution in [0.1, 0.15) is 15.9 Å². The summed E-state index contributed by atoms with van der Waals surface area (Å²) in [6, 6.07) is 8.13. The molecule has 0 fully saturated rings. The molecular formula is C16H15FN2O4S. The lowest BCUT2D eigenvalue weighted by Crippen LogP contribution is -2.31. The highest BCUT2D eigenvalue weighted by Gasteiger charge is 2.20. The van der Waals surface area contributed by atoms with Crippen molar-refractivity contribution in [2.24, 2.45) is 0 Å². The van der Waals surface area contributed by atoms with Crippen molar-refractivity contribution in [1.29, 1.82) is 0 Å². The molecule has 0 unspecified atom stereocenters. The van der Waals surface area contributed by atoms with Gasteiger partial charge in [0.15, 0.2) is 11.6 Å². The number of methoxy groups -OCH3 is 1. The molecule has 0 bridgehead atoms. The van der Waals surface area contributed by atoms with E-state index in [0.29, 0.717) is 18.5 Å². The molecule has 1 heterocycles. The molecule has 0 spiro atoms. The van der Waals surface area contributed by atoms with E-state index >= 15 is 0 Å². The maximum absolute atomic E-state index is 13.7. The lowest BCUT2D eigenvalue weighted by molar-refractivity contribution is 0.0946. The lowest BCUT2D eigenvalue weighted by Gasteiger charge is -2.17. The number of hydrogen-bond donors (Lipinski definition) is 2. The summed E-state index contributed by atoms with van der Waals surface area (Å²) in [5.74, 6) is -1.06. The molecule has 2 N–H and O–H groups in total. The zero-order valence-electron chi connectivity index (χ0n) is 12.8. The van der Waals surface area contributed by atoms with Crippen molar-refractivity contribution in [1.82, 2.24) is 5.32 Å². The van der Waals surface area contributed by atoms with Crippen LogP contribution in [0.15, 0.2) is 41.3 Å². The summed E-state index contributed by atoms with van der Waals surface area (Å²) >= 11 is 0. The van der Waals surface area contributed by atoms with Gasteiger partial charge in [0.25, 0.3) is 15.9 Å². The second kappa shape index (κ2) is 6.12. The molecule has 3 rings (SSSR count). The van der Waals surface area contributed by atoms with Gasteiger partial charge in [-0.25, -0.2) is 12.8 Å². The molecule has 126 valence electrons. The van der Waals surface area contributed by atoms with Crippen molar-refractivity contribution < 1.29 is 22.3 Å². The maximum atomic E-state index is 13.7. The van der Waals surface area contributed by atoms with Crippen LogP contribution in [-0.4, -0.2) is 28.0 Å². The number of sulfonamides is 1. The van der Waals surface area contributed by atoms with E-state index in [4.69, 9.17) is 4.74 Å². The Morgan fingerprint density at radius 3 is 2.71 bits per heavy atom. The standard InChI is InChI=1S/C16H15FN2O4S/c1-23-15-5-4-12(9-14(15)17)24(21,22)19-11-3-2-10-6-7-18-16(20)13(10)8-11/h2-5,8-9,19H,6-7H2,1H3,(H,18,20). The SMILES string of the molecule is COc1ccc(S(=O)(=O)Nc2ccc3c(c2)C(=O)NCC3)cc1F. The summed E-state index contributed by atoms with van der Waals surface area (Å²) < 4.78 is 45.6. The Hall–Kier alpha value is -2.61. The van der Waals surface area contributed by atoms with Crippen LogP contribution in [0.25, 0.3) is 0 Å². The van der Waals surface area contributed by atoms with Gasteiger partial charge in [0, 0.05) is 17.8 Å². The Kier molecular flexibility index (Phi) is 4.15. The summed E-state index contributed by atoms with van der Waals surface area (Å²) in [6.07, 6.45) is 0.692. The van der Waals surface area contributed by atoms with Gasteiger partial charge in [0.05, 0.1) is 12.0 Å². The number of anilines is 1. The summed E-state index contributed by atoms with van der Waals surface area (Å²) in [4.78, 5) is 11.6. The molecule has 0 atom stereocenters. The number of carbonyl (C=O) groups excluding carboxylic acids is 1. The van der Waals surface area contributed by atoms with Crippen LogP contribution in [0, 0.1) is 5.82 Å². The predicted octanol–water partition coefficient (Wildman–Crippen LogP) is 1.92. The number of fused-ring (bicyclic) bond motifs is 1. The first-order valence-electron chi connectivity index (χ1n) is 7.18. The summed E-state index contributed by atoms with van der Waals surface area (Å²) in [5, 5.41) is 2.70. The molecule has 0 aromatic heterocycles. The average molecular weight is 350 g/mol. The highest BCUT2D eigenvalue weighted by atomic mass is 32.2. The summed E-state index contributed by atoms with van der Waals surface area (Å²) in [5.41, 5.74) is 1.53. The lowest BCUT2D eigenvalue weighted by atomic mass is 10.00. The molecule has 6 nitrogen and oxygen atoms in total. The van der Waals surface area contributed by atoms with Crippen molar-refractivity contribution in [3.8, 4) is 5.75 Å². The van der Waals surface area contributed by atoms with Crippen LogP contribution in [-0.2, 0) is 16.4 Å². The van der Waals surface area contributed by atoms with E-state index in [1.807, 2.05) is 0 Å². The Morgan fingerprint density at radius 1 is 1.21 bits per heavy atom. The molecule has 1 aliphatic heterocycles. The monoisotopic (exact) mass is 350 g/mol. The van der Waals surface area contributed by atoms with Crippen molar-refractivity contribution in [2.45, 2.75) is 11.3 Å². The van der Waals surface area contributed by atoms with Gasteiger partial charge < -0.3 is 10.1 Å². The van der Waals surface area contributed by atoms with Gasteiger partial charge in [-0.05, 0) is 42.3 Å². The minimum Gasteiger partial charge on any atom is -0.494 e. The smallest absolute Gasteiger partial charge is 0.262 e. The third-order valence-electron chi connectivity index (χ3n) is 3.72. The van der Waals surface area contributed by atoms with E-state index in [9.17, 15) is 17.6 Å². The van der Waals surface area contributed by atoms with Gasteiger partial charge in [0.2, 0.25) is 0 Å². The second-order valence-electron chi connectivity index (χ2n) is 5.28. The summed E-state index contributed by atoms with van der Waals surface area (Å²) in [7, 11) is -2.69. The highest BCUT2D eigenvalue weighted by Crippen LogP contribution is 2.24. The maximum Gasteiger partial charge on any atom is 0.262 e. The van der Waals surface area contributed by atoms with E-state index in [2.05, 4.69) is 10.0 Å². The van der Waals surface area contributed by atoms with Gasteiger partial charge in [0.1, 0.15) is 0 Å². The van der Waals surface area contributed by atoms with E-state index < -0.39 is 15.8 Å². The molecule has 2 aromatic carbocycles. The molecule has 2 aromatic rings. The van der Waals surface area contributed by atoms with Crippen LogP contribution in [0.4, 0.5) is 10.1 Å². The second-order valence-corrected chi connectivity index (χ2v) is 6.96.